The average molecular weight is 233 g/mol. The zero-order chi connectivity index (χ0) is 12.3. The smallest absolute Gasteiger partial charge is 0.122 e. The summed E-state index contributed by atoms with van der Waals surface area (Å²) < 4.78 is 6.12. The highest BCUT2D eigenvalue weighted by atomic mass is 16.5. The molecule has 0 aromatic heterocycles. The molecule has 0 heterocycles. The molecular formula is C15H23NO. The van der Waals surface area contributed by atoms with Crippen molar-refractivity contribution in [1.29, 1.82) is 0 Å². The van der Waals surface area contributed by atoms with Crippen LogP contribution in [-0.4, -0.2) is 6.10 Å². The van der Waals surface area contributed by atoms with Crippen LogP contribution < -0.4 is 10.5 Å². The number of hydrogen-bond acceptors (Lipinski definition) is 2. The zero-order valence-electron chi connectivity index (χ0n) is 10.9. The molecule has 94 valence electrons. The molecule has 0 saturated heterocycles. The normalized spacial score (nSPS) is 24.6. The Morgan fingerprint density at radius 1 is 1.35 bits per heavy atom. The maximum Gasteiger partial charge on any atom is 0.122 e. The molecule has 1 aromatic carbocycles. The lowest BCUT2D eigenvalue weighted by Crippen LogP contribution is -2.25. The zero-order valence-corrected chi connectivity index (χ0v) is 10.9. The molecule has 2 atom stereocenters. The van der Waals surface area contributed by atoms with Crippen molar-refractivity contribution in [3.05, 3.63) is 23.8 Å². The molecule has 0 radical (unpaired) electrons. The SMILES string of the molecule is CCC1CCCC(Oc2ccc(N)cc2C)C1. The van der Waals surface area contributed by atoms with Crippen LogP contribution in [0.4, 0.5) is 5.69 Å². The van der Waals surface area contributed by atoms with Crippen molar-refractivity contribution >= 4 is 5.69 Å². The van der Waals surface area contributed by atoms with E-state index in [9.17, 15) is 0 Å². The fourth-order valence-electron chi connectivity index (χ4n) is 2.70. The number of hydrogen-bond donors (Lipinski definition) is 1. The van der Waals surface area contributed by atoms with E-state index in [2.05, 4.69) is 13.8 Å². The van der Waals surface area contributed by atoms with E-state index in [0.717, 1.165) is 22.9 Å². The molecule has 1 aliphatic carbocycles. The third kappa shape index (κ3) is 3.15. The number of rotatable bonds is 3. The van der Waals surface area contributed by atoms with Gasteiger partial charge in [0, 0.05) is 5.69 Å². The van der Waals surface area contributed by atoms with Crippen LogP contribution in [0.3, 0.4) is 0 Å². The van der Waals surface area contributed by atoms with Gasteiger partial charge in [-0.15, -0.1) is 0 Å². The molecular weight excluding hydrogens is 210 g/mol. The summed E-state index contributed by atoms with van der Waals surface area (Å²) in [7, 11) is 0. The number of nitrogens with two attached hydrogens (primary N) is 1. The molecule has 0 bridgehead atoms. The molecule has 2 unspecified atom stereocenters. The first-order valence-corrected chi connectivity index (χ1v) is 6.71. The van der Waals surface area contributed by atoms with Crippen LogP contribution in [0.1, 0.15) is 44.6 Å². The van der Waals surface area contributed by atoms with Crippen molar-refractivity contribution in [2.45, 2.75) is 52.1 Å². The third-order valence-electron chi connectivity index (χ3n) is 3.80. The number of nitrogen functional groups attached to an aromatic ring is 1. The molecule has 1 saturated carbocycles. The van der Waals surface area contributed by atoms with Gasteiger partial charge in [0.05, 0.1) is 6.10 Å². The van der Waals surface area contributed by atoms with Gasteiger partial charge in [-0.3, -0.25) is 0 Å². The lowest BCUT2D eigenvalue weighted by molar-refractivity contribution is 0.121. The predicted molar refractivity (Wildman–Crippen MR) is 72.3 cm³/mol. The second-order valence-corrected chi connectivity index (χ2v) is 5.21. The minimum Gasteiger partial charge on any atom is -0.490 e. The summed E-state index contributed by atoms with van der Waals surface area (Å²) in [5.74, 6) is 1.85. The van der Waals surface area contributed by atoms with Crippen LogP contribution in [0.2, 0.25) is 0 Å². The molecule has 0 amide bonds. The molecule has 2 rings (SSSR count). The molecule has 1 aromatic rings. The summed E-state index contributed by atoms with van der Waals surface area (Å²) >= 11 is 0. The number of aryl methyl sites for hydroxylation is 1. The number of ether oxygens (including phenoxy) is 1. The maximum absolute atomic E-state index is 6.12. The molecule has 1 fully saturated rings. The van der Waals surface area contributed by atoms with Crippen molar-refractivity contribution in [1.82, 2.24) is 0 Å². The first-order valence-electron chi connectivity index (χ1n) is 6.71. The van der Waals surface area contributed by atoms with E-state index in [1.807, 2.05) is 18.2 Å². The Hall–Kier alpha value is -1.18. The van der Waals surface area contributed by atoms with Crippen molar-refractivity contribution < 1.29 is 4.74 Å². The lowest BCUT2D eigenvalue weighted by atomic mass is 9.85. The average Bonchev–Trinajstić information content (AvgIpc) is 2.33. The molecule has 0 spiro atoms. The second-order valence-electron chi connectivity index (χ2n) is 5.21. The van der Waals surface area contributed by atoms with E-state index < -0.39 is 0 Å². The fraction of sp³-hybridized carbons (Fsp3) is 0.600. The Morgan fingerprint density at radius 2 is 2.18 bits per heavy atom. The number of benzene rings is 1. The third-order valence-corrected chi connectivity index (χ3v) is 3.80. The monoisotopic (exact) mass is 233 g/mol. The number of anilines is 1. The van der Waals surface area contributed by atoms with Crippen molar-refractivity contribution in [3.63, 3.8) is 0 Å². The lowest BCUT2D eigenvalue weighted by Gasteiger charge is -2.29. The van der Waals surface area contributed by atoms with Gasteiger partial charge in [0.25, 0.3) is 0 Å². The van der Waals surface area contributed by atoms with Crippen LogP contribution in [0.15, 0.2) is 18.2 Å². The van der Waals surface area contributed by atoms with Gasteiger partial charge >= 0.3 is 0 Å². The predicted octanol–water partition coefficient (Wildman–Crippen LogP) is 3.92. The van der Waals surface area contributed by atoms with Crippen molar-refractivity contribution in [2.75, 3.05) is 5.73 Å². The highest BCUT2D eigenvalue weighted by Gasteiger charge is 2.22. The topological polar surface area (TPSA) is 35.2 Å². The molecule has 2 heteroatoms. The first kappa shape index (κ1) is 12.3. The summed E-state index contributed by atoms with van der Waals surface area (Å²) in [5, 5.41) is 0. The van der Waals surface area contributed by atoms with E-state index in [1.54, 1.807) is 0 Å². The maximum atomic E-state index is 6.12. The Labute approximate surface area is 104 Å². The summed E-state index contributed by atoms with van der Waals surface area (Å²) in [6.45, 7) is 4.34. The van der Waals surface area contributed by atoms with Gasteiger partial charge in [-0.2, -0.15) is 0 Å². The highest BCUT2D eigenvalue weighted by Crippen LogP contribution is 2.31. The standard InChI is InChI=1S/C15H23NO/c1-3-12-5-4-6-14(10-12)17-15-8-7-13(16)9-11(15)2/h7-9,12,14H,3-6,10,16H2,1-2H3. The van der Waals surface area contributed by atoms with E-state index in [4.69, 9.17) is 10.5 Å². The Balaban J connectivity index is 2.00. The van der Waals surface area contributed by atoms with Gasteiger partial charge in [-0.05, 0) is 55.9 Å². The van der Waals surface area contributed by atoms with Crippen LogP contribution in [0.5, 0.6) is 5.75 Å². The van der Waals surface area contributed by atoms with E-state index >= 15 is 0 Å². The van der Waals surface area contributed by atoms with Gasteiger partial charge in [0.1, 0.15) is 5.75 Å². The molecule has 2 N–H and O–H groups in total. The molecule has 2 nitrogen and oxygen atoms in total. The van der Waals surface area contributed by atoms with E-state index in [-0.39, 0.29) is 0 Å². The quantitative estimate of drug-likeness (QED) is 0.803. The van der Waals surface area contributed by atoms with Gasteiger partial charge in [0.2, 0.25) is 0 Å². The largest absolute Gasteiger partial charge is 0.490 e. The van der Waals surface area contributed by atoms with Crippen LogP contribution in [0, 0.1) is 12.8 Å². The summed E-state index contributed by atoms with van der Waals surface area (Å²) in [6, 6.07) is 5.90. The molecule has 1 aliphatic rings. The minimum atomic E-state index is 0.399. The summed E-state index contributed by atoms with van der Waals surface area (Å²) in [5.41, 5.74) is 7.70. The van der Waals surface area contributed by atoms with Crippen LogP contribution in [0.25, 0.3) is 0 Å². The molecule has 17 heavy (non-hydrogen) atoms. The van der Waals surface area contributed by atoms with E-state index in [0.29, 0.717) is 6.10 Å². The Morgan fingerprint density at radius 3 is 2.88 bits per heavy atom. The summed E-state index contributed by atoms with van der Waals surface area (Å²) in [6.07, 6.45) is 6.76. The van der Waals surface area contributed by atoms with Crippen LogP contribution in [-0.2, 0) is 0 Å². The van der Waals surface area contributed by atoms with Crippen LogP contribution >= 0.6 is 0 Å². The fourth-order valence-corrected chi connectivity index (χ4v) is 2.70. The minimum absolute atomic E-state index is 0.399. The Bertz CT molecular complexity index is 375. The second kappa shape index (κ2) is 5.44. The van der Waals surface area contributed by atoms with Gasteiger partial charge in [-0.1, -0.05) is 19.8 Å². The van der Waals surface area contributed by atoms with Gasteiger partial charge in [0.15, 0.2) is 0 Å². The molecule has 0 aliphatic heterocycles. The highest BCUT2D eigenvalue weighted by molar-refractivity contribution is 5.47. The van der Waals surface area contributed by atoms with Gasteiger partial charge in [-0.25, -0.2) is 0 Å². The van der Waals surface area contributed by atoms with Crippen molar-refractivity contribution in [2.24, 2.45) is 5.92 Å². The first-order chi connectivity index (χ1) is 8.19. The summed E-state index contributed by atoms with van der Waals surface area (Å²) in [4.78, 5) is 0. The van der Waals surface area contributed by atoms with Crippen molar-refractivity contribution in [3.8, 4) is 5.75 Å². The Kier molecular flexibility index (Phi) is 3.93. The van der Waals surface area contributed by atoms with Gasteiger partial charge < -0.3 is 10.5 Å². The van der Waals surface area contributed by atoms with E-state index in [1.165, 1.54) is 32.1 Å².